The molecule has 0 bridgehead atoms. The van der Waals surface area contributed by atoms with Crippen LogP contribution in [0.25, 0.3) is 0 Å². The minimum absolute atomic E-state index is 0.196. The smallest absolute Gasteiger partial charge is 0.438 e. The molecule has 0 amide bonds. The summed E-state index contributed by atoms with van der Waals surface area (Å²) < 4.78 is 17.9. The Balaban J connectivity index is 3.38. The number of unbranched alkanes of at least 4 members (excludes halogenated alkanes) is 1. The fraction of sp³-hybridized carbons (Fsp3) is 0.500. The van der Waals surface area contributed by atoms with Crippen molar-refractivity contribution in [3.63, 3.8) is 0 Å². The fourth-order valence-electron chi connectivity index (χ4n) is 0.914. The highest BCUT2D eigenvalue weighted by Crippen LogP contribution is 1.94. The van der Waals surface area contributed by atoms with Gasteiger partial charge < -0.3 is 18.9 Å². The summed E-state index contributed by atoms with van der Waals surface area (Å²) in [5.74, 6) is 0. The Morgan fingerprint density at radius 1 is 0.778 bits per heavy atom. The maximum atomic E-state index is 10.6. The van der Waals surface area contributed by atoms with E-state index in [1.54, 1.807) is 12.2 Å². The number of carbonyl (C=O) groups excluding carboxylic acids is 2. The van der Waals surface area contributed by atoms with E-state index in [1.165, 1.54) is 14.2 Å². The summed E-state index contributed by atoms with van der Waals surface area (Å²) in [5, 5.41) is 0. The maximum Gasteiger partial charge on any atom is 0.508 e. The highest BCUT2D eigenvalue weighted by Gasteiger charge is 1.96. The maximum absolute atomic E-state index is 10.6. The van der Waals surface area contributed by atoms with Crippen LogP contribution in [0.3, 0.4) is 0 Å². The Morgan fingerprint density at radius 3 is 1.50 bits per heavy atom. The second kappa shape index (κ2) is 11.5. The van der Waals surface area contributed by atoms with Crippen LogP contribution in [-0.4, -0.2) is 39.7 Å². The van der Waals surface area contributed by atoms with Gasteiger partial charge in [-0.15, -0.1) is 0 Å². The molecule has 0 heterocycles. The molecule has 0 radical (unpaired) electrons. The van der Waals surface area contributed by atoms with Crippen molar-refractivity contribution in [3.8, 4) is 0 Å². The molecule has 0 unspecified atom stereocenters. The number of rotatable bonds is 7. The molecule has 0 rings (SSSR count). The van der Waals surface area contributed by atoms with Crippen LogP contribution in [0.4, 0.5) is 9.59 Å². The molecule has 102 valence electrons. The monoisotopic (exact) mass is 258 g/mol. The summed E-state index contributed by atoms with van der Waals surface area (Å²) in [5.41, 5.74) is 0. The van der Waals surface area contributed by atoms with Gasteiger partial charge in [-0.05, 0) is 12.8 Å². The summed E-state index contributed by atoms with van der Waals surface area (Å²) in [7, 11) is 2.51. The van der Waals surface area contributed by atoms with Gasteiger partial charge in [-0.2, -0.15) is 0 Å². The van der Waals surface area contributed by atoms with Gasteiger partial charge in [0.15, 0.2) is 0 Å². The molecule has 0 aromatic rings. The molecule has 0 aliphatic heterocycles. The van der Waals surface area contributed by atoms with Crippen molar-refractivity contribution in [3.05, 3.63) is 24.3 Å². The number of hydrogen-bond donors (Lipinski definition) is 0. The SMILES string of the molecule is COC(=O)OC/C=C/CC/C=C/COC(=O)OC. The lowest BCUT2D eigenvalue weighted by Crippen LogP contribution is -2.03. The fourth-order valence-corrected chi connectivity index (χ4v) is 0.914. The highest BCUT2D eigenvalue weighted by molar-refractivity contribution is 5.59. The van der Waals surface area contributed by atoms with E-state index in [0.717, 1.165) is 12.8 Å². The van der Waals surface area contributed by atoms with Gasteiger partial charge in [-0.1, -0.05) is 24.3 Å². The van der Waals surface area contributed by atoms with E-state index in [2.05, 4.69) is 18.9 Å². The number of methoxy groups -OCH3 is 2. The van der Waals surface area contributed by atoms with E-state index in [4.69, 9.17) is 0 Å². The Bertz CT molecular complexity index is 265. The molecule has 0 spiro atoms. The van der Waals surface area contributed by atoms with Gasteiger partial charge in [0.1, 0.15) is 13.2 Å². The lowest BCUT2D eigenvalue weighted by Gasteiger charge is -1.98. The van der Waals surface area contributed by atoms with Crippen molar-refractivity contribution in [1.82, 2.24) is 0 Å². The number of hydrogen-bond acceptors (Lipinski definition) is 6. The van der Waals surface area contributed by atoms with Crippen LogP contribution in [0.15, 0.2) is 24.3 Å². The molecule has 18 heavy (non-hydrogen) atoms. The number of ether oxygens (including phenoxy) is 4. The molecule has 0 N–H and O–H groups in total. The minimum Gasteiger partial charge on any atom is -0.438 e. The first-order valence-electron chi connectivity index (χ1n) is 5.42. The molecule has 6 nitrogen and oxygen atoms in total. The van der Waals surface area contributed by atoms with Gasteiger partial charge in [-0.25, -0.2) is 9.59 Å². The molecular formula is C12H18O6. The molecule has 0 saturated carbocycles. The zero-order chi connectivity index (χ0) is 13.6. The average Bonchev–Trinajstić information content (AvgIpc) is 2.40. The predicted octanol–water partition coefficient (Wildman–Crippen LogP) is 2.45. The van der Waals surface area contributed by atoms with Crippen LogP contribution in [0.5, 0.6) is 0 Å². The second-order valence-electron chi connectivity index (χ2n) is 3.05. The normalized spacial score (nSPS) is 10.6. The molecule has 0 aliphatic rings. The Morgan fingerprint density at radius 2 is 1.17 bits per heavy atom. The molecule has 0 aromatic heterocycles. The van der Waals surface area contributed by atoms with E-state index in [9.17, 15) is 9.59 Å². The van der Waals surface area contributed by atoms with Crippen LogP contribution in [0.1, 0.15) is 12.8 Å². The number of allylic oxidation sites excluding steroid dienone is 2. The van der Waals surface area contributed by atoms with Crippen molar-refractivity contribution >= 4 is 12.3 Å². The molecule has 6 heteroatoms. The average molecular weight is 258 g/mol. The first-order valence-corrected chi connectivity index (χ1v) is 5.42. The Labute approximate surface area is 106 Å². The molecule has 0 saturated heterocycles. The molecule has 0 aromatic carbocycles. The van der Waals surface area contributed by atoms with Gasteiger partial charge in [-0.3, -0.25) is 0 Å². The molecular weight excluding hydrogens is 240 g/mol. The van der Waals surface area contributed by atoms with Gasteiger partial charge in [0.05, 0.1) is 14.2 Å². The third-order valence-corrected chi connectivity index (χ3v) is 1.76. The first-order chi connectivity index (χ1) is 8.70. The van der Waals surface area contributed by atoms with Gasteiger partial charge in [0.2, 0.25) is 0 Å². The standard InChI is InChI=1S/C12H18O6/c1-15-11(13)17-9-7-5-3-4-6-8-10-18-12(14)16-2/h5-8H,3-4,9-10H2,1-2H3/b7-5+,8-6+. The summed E-state index contributed by atoms with van der Waals surface area (Å²) in [6, 6.07) is 0. The third-order valence-electron chi connectivity index (χ3n) is 1.76. The van der Waals surface area contributed by atoms with E-state index >= 15 is 0 Å². The van der Waals surface area contributed by atoms with Crippen molar-refractivity contribution in [2.45, 2.75) is 12.8 Å². The number of carbonyl (C=O) groups is 2. The van der Waals surface area contributed by atoms with Crippen molar-refractivity contribution in [1.29, 1.82) is 0 Å². The lowest BCUT2D eigenvalue weighted by atomic mass is 10.3. The van der Waals surface area contributed by atoms with E-state index in [1.807, 2.05) is 12.2 Å². The topological polar surface area (TPSA) is 71.1 Å². The van der Waals surface area contributed by atoms with Crippen LogP contribution in [0.2, 0.25) is 0 Å². The minimum atomic E-state index is -0.695. The zero-order valence-corrected chi connectivity index (χ0v) is 10.6. The first kappa shape index (κ1) is 16.0. The van der Waals surface area contributed by atoms with Crippen LogP contribution >= 0.6 is 0 Å². The molecule has 0 aliphatic carbocycles. The summed E-state index contributed by atoms with van der Waals surface area (Å²) >= 11 is 0. The van der Waals surface area contributed by atoms with Gasteiger partial charge in [0, 0.05) is 0 Å². The Kier molecular flexibility index (Phi) is 10.2. The van der Waals surface area contributed by atoms with E-state index < -0.39 is 12.3 Å². The van der Waals surface area contributed by atoms with E-state index in [-0.39, 0.29) is 13.2 Å². The van der Waals surface area contributed by atoms with Crippen LogP contribution < -0.4 is 0 Å². The largest absolute Gasteiger partial charge is 0.508 e. The molecule has 0 atom stereocenters. The summed E-state index contributed by atoms with van der Waals surface area (Å²) in [6.07, 6.45) is 7.45. The highest BCUT2D eigenvalue weighted by atomic mass is 16.7. The zero-order valence-electron chi connectivity index (χ0n) is 10.6. The van der Waals surface area contributed by atoms with Crippen molar-refractivity contribution < 1.29 is 28.5 Å². The second-order valence-corrected chi connectivity index (χ2v) is 3.05. The van der Waals surface area contributed by atoms with Gasteiger partial charge >= 0.3 is 12.3 Å². The Hall–Kier alpha value is -1.98. The third kappa shape index (κ3) is 10.5. The predicted molar refractivity (Wildman–Crippen MR) is 64.2 cm³/mol. The van der Waals surface area contributed by atoms with Crippen molar-refractivity contribution in [2.24, 2.45) is 0 Å². The molecule has 0 fully saturated rings. The van der Waals surface area contributed by atoms with Crippen LogP contribution in [0, 0.1) is 0 Å². The van der Waals surface area contributed by atoms with Crippen LogP contribution in [-0.2, 0) is 18.9 Å². The lowest BCUT2D eigenvalue weighted by molar-refractivity contribution is 0.0808. The van der Waals surface area contributed by atoms with E-state index in [0.29, 0.717) is 0 Å². The summed E-state index contributed by atoms with van der Waals surface area (Å²) in [4.78, 5) is 21.1. The van der Waals surface area contributed by atoms with Crippen molar-refractivity contribution in [2.75, 3.05) is 27.4 Å². The van der Waals surface area contributed by atoms with Gasteiger partial charge in [0.25, 0.3) is 0 Å². The summed E-state index contributed by atoms with van der Waals surface area (Å²) in [6.45, 7) is 0.393. The quantitative estimate of drug-likeness (QED) is 0.397.